The highest BCUT2D eigenvalue weighted by atomic mass is 32.2. The smallest absolute Gasteiger partial charge is 0.382 e. The summed E-state index contributed by atoms with van der Waals surface area (Å²) in [5.74, 6) is 5.75. The molecule has 0 aliphatic rings. The lowest BCUT2D eigenvalue weighted by molar-refractivity contribution is -0.0697. The largest absolute Gasteiger partial charge is 0.457 e. The molecule has 3 N–H and O–H groups in total. The van der Waals surface area contributed by atoms with E-state index < -0.39 is 13.8 Å². The van der Waals surface area contributed by atoms with Gasteiger partial charge in [0.2, 0.25) is 0 Å². The molecule has 0 saturated carbocycles. The van der Waals surface area contributed by atoms with Gasteiger partial charge in [-0.05, 0) is 37.7 Å². The summed E-state index contributed by atoms with van der Waals surface area (Å²) in [6, 6.07) is 0. The van der Waals surface area contributed by atoms with E-state index >= 15 is 0 Å². The minimum absolute atomic E-state index is 0.215. The fraction of sp³-hybridized carbons (Fsp3) is 0.750. The first kappa shape index (κ1) is 36.4. The highest BCUT2D eigenvalue weighted by Gasteiger charge is 2.23. The van der Waals surface area contributed by atoms with Gasteiger partial charge in [0.15, 0.2) is 11.5 Å². The number of anilines is 1. The van der Waals surface area contributed by atoms with Crippen LogP contribution in [-0.2, 0) is 20.4 Å². The van der Waals surface area contributed by atoms with Crippen LogP contribution < -0.4 is 5.73 Å². The van der Waals surface area contributed by atoms with Gasteiger partial charge in [-0.2, -0.15) is 24.9 Å². The molecule has 14 heteroatoms. The van der Waals surface area contributed by atoms with Crippen molar-refractivity contribution in [1.29, 1.82) is 0 Å². The van der Waals surface area contributed by atoms with Crippen LogP contribution in [0.25, 0.3) is 11.2 Å². The number of nitrogen functional groups attached to an aromatic ring is 1. The Labute approximate surface area is 251 Å². The Hall–Kier alpha value is -1.84. The number of ether oxygens (including phenoxy) is 1. The van der Waals surface area contributed by atoms with Crippen LogP contribution in [-0.4, -0.2) is 61.2 Å². The molecule has 0 aliphatic carbocycles. The quantitative estimate of drug-likeness (QED) is 0.0733. The Kier molecular flexibility index (Phi) is 17.5. The van der Waals surface area contributed by atoms with Crippen molar-refractivity contribution in [2.75, 3.05) is 30.2 Å². The van der Waals surface area contributed by atoms with Gasteiger partial charge >= 0.3 is 13.8 Å². The molecule has 1 unspecified atom stereocenters. The zero-order chi connectivity index (χ0) is 30.7. The van der Waals surface area contributed by atoms with Crippen LogP contribution in [0.1, 0.15) is 90.4 Å². The molecule has 0 saturated heterocycles. The molecule has 0 aromatic carbocycles. The molecular formula is C28H45F3N5O4PS. The van der Waals surface area contributed by atoms with Crippen LogP contribution in [0.5, 0.6) is 0 Å². The Balaban J connectivity index is 1.36. The number of rotatable bonds is 23. The van der Waals surface area contributed by atoms with Crippen LogP contribution in [0, 0.1) is 11.8 Å². The summed E-state index contributed by atoms with van der Waals surface area (Å²) in [6.45, 7) is 2.40. The number of aromatic nitrogens is 4. The molecule has 2 aromatic heterocycles. The second-order valence-corrected chi connectivity index (χ2v) is 13.3. The van der Waals surface area contributed by atoms with Gasteiger partial charge in [-0.25, -0.2) is 15.0 Å². The van der Waals surface area contributed by atoms with Gasteiger partial charge in [0.25, 0.3) is 0 Å². The van der Waals surface area contributed by atoms with Crippen LogP contribution in [0.3, 0.4) is 0 Å². The maximum atomic E-state index is 12.3. The lowest BCUT2D eigenvalue weighted by Gasteiger charge is -2.17. The molecule has 0 fully saturated rings. The number of hydrogen-bond donors (Lipinski definition) is 2. The van der Waals surface area contributed by atoms with E-state index in [9.17, 15) is 22.6 Å². The van der Waals surface area contributed by atoms with Crippen molar-refractivity contribution < 1.29 is 31.9 Å². The molecule has 238 valence electrons. The molecule has 2 heterocycles. The van der Waals surface area contributed by atoms with E-state index in [0.29, 0.717) is 36.4 Å². The van der Waals surface area contributed by atoms with E-state index in [4.69, 9.17) is 15.0 Å². The summed E-state index contributed by atoms with van der Waals surface area (Å²) in [5, 5.41) is 0. The van der Waals surface area contributed by atoms with Crippen molar-refractivity contribution >= 4 is 36.3 Å². The molecule has 9 nitrogen and oxygen atoms in total. The van der Waals surface area contributed by atoms with Crippen LogP contribution in [0.2, 0.25) is 0 Å². The molecule has 2 aromatic rings. The predicted molar refractivity (Wildman–Crippen MR) is 162 cm³/mol. The minimum atomic E-state index is -4.37. The predicted octanol–water partition coefficient (Wildman–Crippen LogP) is 7.34. The fourth-order valence-corrected chi connectivity index (χ4v) is 6.13. The van der Waals surface area contributed by atoms with Crippen LogP contribution in [0.15, 0.2) is 12.7 Å². The third kappa shape index (κ3) is 16.7. The zero-order valence-electron chi connectivity index (χ0n) is 24.5. The second kappa shape index (κ2) is 20.2. The summed E-state index contributed by atoms with van der Waals surface area (Å²) in [4.78, 5) is 22.4. The molecule has 0 spiro atoms. The Bertz CT molecular complexity index is 1140. The average Bonchev–Trinajstić information content (AvgIpc) is 3.34. The van der Waals surface area contributed by atoms with Gasteiger partial charge < -0.3 is 24.5 Å². The van der Waals surface area contributed by atoms with Gasteiger partial charge in [0, 0.05) is 12.3 Å². The van der Waals surface area contributed by atoms with Crippen LogP contribution in [0.4, 0.5) is 19.0 Å². The summed E-state index contributed by atoms with van der Waals surface area (Å²) in [5.41, 5.74) is 6.89. The average molecular weight is 636 g/mol. The number of imidazole rings is 1. The lowest BCUT2D eigenvalue weighted by atomic mass is 10.1. The minimum Gasteiger partial charge on any atom is -0.382 e. The Morgan fingerprint density at radius 1 is 1.00 bits per heavy atom. The van der Waals surface area contributed by atoms with Crippen molar-refractivity contribution in [3.63, 3.8) is 0 Å². The summed E-state index contributed by atoms with van der Waals surface area (Å²) >= 11 is 1.84. The maximum absolute atomic E-state index is 12.3. The first-order valence-corrected chi connectivity index (χ1v) is 17.6. The van der Waals surface area contributed by atoms with Crippen molar-refractivity contribution in [2.24, 2.45) is 0 Å². The molecular weight excluding hydrogens is 590 g/mol. The first-order chi connectivity index (χ1) is 20.1. The van der Waals surface area contributed by atoms with Gasteiger partial charge in [-0.1, -0.05) is 63.7 Å². The molecule has 2 rings (SSSR count). The standard InChI is InChI=1S/C28H45F3N5O4PS/c1-24(20-36-22-35-25-26(32)33-21-34-27(25)36)39-23-41(37,38)40-17-15-19-42-18-14-12-10-8-6-4-2-3-5-7-9-11-13-16-28(29,30)31/h21-22,24H,2-12,14-15,17-20,23H2,1H3,(H,37,38)(H2,32,33,34)/t24-/m1/s1. The highest BCUT2D eigenvalue weighted by Crippen LogP contribution is 2.42. The first-order valence-electron chi connectivity index (χ1n) is 14.7. The van der Waals surface area contributed by atoms with Gasteiger partial charge in [0.1, 0.15) is 18.2 Å². The third-order valence-corrected chi connectivity index (χ3v) is 8.67. The van der Waals surface area contributed by atoms with Gasteiger partial charge in [-0.3, -0.25) is 4.57 Å². The zero-order valence-corrected chi connectivity index (χ0v) is 26.2. The summed E-state index contributed by atoms with van der Waals surface area (Å²) < 4.78 is 60.6. The second-order valence-electron chi connectivity index (χ2n) is 10.3. The normalized spacial score (nSPS) is 14.0. The highest BCUT2D eigenvalue weighted by molar-refractivity contribution is 7.99. The third-order valence-electron chi connectivity index (χ3n) is 6.45. The molecule has 42 heavy (non-hydrogen) atoms. The van der Waals surface area contributed by atoms with E-state index in [1.54, 1.807) is 17.8 Å². The molecule has 0 bridgehead atoms. The van der Waals surface area contributed by atoms with Crippen molar-refractivity contribution in [1.82, 2.24) is 19.5 Å². The SMILES string of the molecule is C[C@H](Cn1cnc2c(N)ncnc21)OCP(=O)(O)OCCCSCCCCCCCCCCCCCC#CC(F)(F)F. The van der Waals surface area contributed by atoms with E-state index in [1.807, 2.05) is 11.8 Å². The van der Waals surface area contributed by atoms with E-state index in [0.717, 1.165) is 43.6 Å². The van der Waals surface area contributed by atoms with E-state index in [-0.39, 0.29) is 19.1 Å². The number of unbranched alkanes of at least 4 members (excludes halogenated alkanes) is 11. The number of nitrogens with two attached hydrogens (primary N) is 1. The van der Waals surface area contributed by atoms with Gasteiger partial charge in [0.05, 0.1) is 25.6 Å². The topological polar surface area (TPSA) is 125 Å². The molecule has 2 atom stereocenters. The fourth-order valence-electron chi connectivity index (χ4n) is 4.26. The number of halogens is 3. The summed E-state index contributed by atoms with van der Waals surface area (Å²) in [7, 11) is -3.83. The maximum Gasteiger partial charge on any atom is 0.457 e. The number of alkyl halides is 3. The van der Waals surface area contributed by atoms with Crippen molar-refractivity contribution in [3.05, 3.63) is 12.7 Å². The lowest BCUT2D eigenvalue weighted by Crippen LogP contribution is -2.17. The Morgan fingerprint density at radius 3 is 2.29 bits per heavy atom. The molecule has 0 radical (unpaired) electrons. The Morgan fingerprint density at radius 2 is 1.62 bits per heavy atom. The van der Waals surface area contributed by atoms with Crippen molar-refractivity contribution in [3.8, 4) is 11.8 Å². The van der Waals surface area contributed by atoms with Gasteiger partial charge in [-0.15, -0.1) is 0 Å². The number of fused-ring (bicyclic) bond motifs is 1. The molecule has 0 amide bonds. The van der Waals surface area contributed by atoms with E-state index in [1.165, 1.54) is 50.8 Å². The number of thioether (sulfide) groups is 1. The van der Waals surface area contributed by atoms with Crippen molar-refractivity contribution in [2.45, 2.75) is 109 Å². The monoisotopic (exact) mass is 635 g/mol. The number of hydrogen-bond acceptors (Lipinski definition) is 8. The number of nitrogens with zero attached hydrogens (tertiary/aromatic N) is 4. The van der Waals surface area contributed by atoms with E-state index in [2.05, 4.69) is 20.9 Å². The van der Waals surface area contributed by atoms with Crippen LogP contribution >= 0.6 is 19.4 Å². The summed E-state index contributed by atoms with van der Waals surface area (Å²) in [6.07, 6.45) is 11.2. The molecule has 0 aliphatic heterocycles.